The van der Waals surface area contributed by atoms with E-state index in [1.807, 2.05) is 0 Å². The van der Waals surface area contributed by atoms with E-state index in [4.69, 9.17) is 30.0 Å². The van der Waals surface area contributed by atoms with E-state index in [9.17, 15) is 9.59 Å². The zero-order valence-electron chi connectivity index (χ0n) is 14.6. The van der Waals surface area contributed by atoms with Crippen LogP contribution in [0, 0.1) is 5.92 Å². The minimum atomic E-state index is -0.833. The second-order valence-electron chi connectivity index (χ2n) is 4.02. The van der Waals surface area contributed by atoms with E-state index in [1.54, 1.807) is 6.92 Å². The standard InChI is InChI=1S/C8H14O4.2C2H4O2.C2H6O2/c1-6(8(10)12-3)4-5-7(9)11-2;2*1-2(3)4;3-1-2-4/h6H,4-5H2,1-3H3;2*1H3,(H,3,4);3-4H,1-2H2. The molecule has 0 spiro atoms. The van der Waals surface area contributed by atoms with Gasteiger partial charge in [0, 0.05) is 20.3 Å². The molecule has 10 nitrogen and oxygen atoms in total. The first-order chi connectivity index (χ1) is 11.0. The van der Waals surface area contributed by atoms with Gasteiger partial charge >= 0.3 is 11.9 Å². The lowest BCUT2D eigenvalue weighted by Crippen LogP contribution is -2.14. The predicted octanol–water partition coefficient (Wildman–Crippen LogP) is -0.0985. The summed E-state index contributed by atoms with van der Waals surface area (Å²) in [6, 6.07) is 0. The molecule has 0 aliphatic heterocycles. The smallest absolute Gasteiger partial charge is 0.308 e. The Morgan fingerprint density at radius 1 is 0.875 bits per heavy atom. The van der Waals surface area contributed by atoms with Crippen molar-refractivity contribution in [1.29, 1.82) is 0 Å². The van der Waals surface area contributed by atoms with Gasteiger partial charge in [0.2, 0.25) is 0 Å². The molecular formula is C14H28O10. The molecule has 0 aromatic rings. The molecule has 0 radical (unpaired) electrons. The zero-order valence-corrected chi connectivity index (χ0v) is 14.6. The number of carbonyl (C=O) groups is 4. The third-order valence-electron chi connectivity index (χ3n) is 1.71. The van der Waals surface area contributed by atoms with E-state index in [2.05, 4.69) is 9.47 Å². The number of aliphatic hydroxyl groups is 2. The summed E-state index contributed by atoms with van der Waals surface area (Å²) in [5.74, 6) is -2.50. The maximum atomic E-state index is 10.8. The van der Waals surface area contributed by atoms with Crippen molar-refractivity contribution < 1.29 is 49.1 Å². The van der Waals surface area contributed by atoms with E-state index in [-0.39, 0.29) is 37.5 Å². The molecule has 144 valence electrons. The van der Waals surface area contributed by atoms with Crippen molar-refractivity contribution >= 4 is 23.9 Å². The zero-order chi connectivity index (χ0) is 20.1. The van der Waals surface area contributed by atoms with Crippen LogP contribution in [0.5, 0.6) is 0 Å². The molecule has 1 unspecified atom stereocenters. The van der Waals surface area contributed by atoms with Crippen LogP contribution in [0.3, 0.4) is 0 Å². The van der Waals surface area contributed by atoms with Gasteiger partial charge in [0.05, 0.1) is 33.4 Å². The quantitative estimate of drug-likeness (QED) is 0.488. The summed E-state index contributed by atoms with van der Waals surface area (Å²) in [5.41, 5.74) is 0. The number of hydrogen-bond donors (Lipinski definition) is 4. The molecule has 0 saturated carbocycles. The monoisotopic (exact) mass is 356 g/mol. The minimum Gasteiger partial charge on any atom is -0.481 e. The largest absolute Gasteiger partial charge is 0.481 e. The average Bonchev–Trinajstić information content (AvgIpc) is 2.50. The van der Waals surface area contributed by atoms with Crippen molar-refractivity contribution in [3.63, 3.8) is 0 Å². The molecule has 0 aliphatic rings. The molecule has 0 aliphatic carbocycles. The summed E-state index contributed by atoms with van der Waals surface area (Å²) in [6.45, 7) is 3.63. The molecule has 0 rings (SSSR count). The highest BCUT2D eigenvalue weighted by Gasteiger charge is 2.14. The second-order valence-corrected chi connectivity index (χ2v) is 4.02. The molecule has 24 heavy (non-hydrogen) atoms. The van der Waals surface area contributed by atoms with E-state index in [0.717, 1.165) is 13.8 Å². The summed E-state index contributed by atoms with van der Waals surface area (Å²) in [7, 11) is 2.65. The molecule has 0 aromatic heterocycles. The molecule has 10 heteroatoms. The van der Waals surface area contributed by atoms with Crippen LogP contribution in [0.1, 0.15) is 33.6 Å². The summed E-state index contributed by atoms with van der Waals surface area (Å²) >= 11 is 0. The highest BCUT2D eigenvalue weighted by Crippen LogP contribution is 2.07. The number of esters is 2. The Morgan fingerprint density at radius 2 is 1.21 bits per heavy atom. The number of aliphatic carboxylic acids is 2. The predicted molar refractivity (Wildman–Crippen MR) is 83.2 cm³/mol. The molecule has 0 amide bonds. The summed E-state index contributed by atoms with van der Waals surface area (Å²) in [4.78, 5) is 39.5. The molecule has 0 saturated heterocycles. The Morgan fingerprint density at radius 3 is 1.42 bits per heavy atom. The normalized spacial score (nSPS) is 9.29. The Hall–Kier alpha value is -2.20. The summed E-state index contributed by atoms with van der Waals surface area (Å²) in [6.07, 6.45) is 0.728. The highest BCUT2D eigenvalue weighted by molar-refractivity contribution is 5.74. The number of rotatable bonds is 5. The molecule has 1 atom stereocenters. The third kappa shape index (κ3) is 50.3. The van der Waals surface area contributed by atoms with Crippen LogP contribution < -0.4 is 0 Å². The van der Waals surface area contributed by atoms with Gasteiger partial charge in [-0.3, -0.25) is 19.2 Å². The van der Waals surface area contributed by atoms with E-state index < -0.39 is 11.9 Å². The molecule has 0 aromatic carbocycles. The maximum Gasteiger partial charge on any atom is 0.308 e. The lowest BCUT2D eigenvalue weighted by atomic mass is 10.1. The Labute approximate surface area is 141 Å². The SMILES string of the molecule is CC(=O)O.CC(=O)O.COC(=O)CCC(C)C(=O)OC.OCCO. The van der Waals surface area contributed by atoms with Crippen molar-refractivity contribution in [2.75, 3.05) is 27.4 Å². The van der Waals surface area contributed by atoms with Gasteiger partial charge in [0.25, 0.3) is 11.9 Å². The van der Waals surface area contributed by atoms with Crippen molar-refractivity contribution in [2.45, 2.75) is 33.6 Å². The van der Waals surface area contributed by atoms with Crippen LogP contribution in [-0.4, -0.2) is 71.7 Å². The van der Waals surface area contributed by atoms with Gasteiger partial charge < -0.3 is 29.9 Å². The van der Waals surface area contributed by atoms with Gasteiger partial charge in [0.1, 0.15) is 0 Å². The van der Waals surface area contributed by atoms with Crippen LogP contribution in [0.25, 0.3) is 0 Å². The number of carboxylic acid groups (broad SMARTS) is 2. The van der Waals surface area contributed by atoms with Gasteiger partial charge in [-0.05, 0) is 6.42 Å². The van der Waals surface area contributed by atoms with Crippen molar-refractivity contribution in [3.8, 4) is 0 Å². The fraction of sp³-hybridized carbons (Fsp3) is 0.714. The number of ether oxygens (including phenoxy) is 2. The molecule has 4 N–H and O–H groups in total. The number of hydrogen-bond acceptors (Lipinski definition) is 8. The number of carboxylic acids is 2. The topological polar surface area (TPSA) is 168 Å². The lowest BCUT2D eigenvalue weighted by Gasteiger charge is -2.06. The van der Waals surface area contributed by atoms with Crippen molar-refractivity contribution in [3.05, 3.63) is 0 Å². The van der Waals surface area contributed by atoms with Crippen LogP contribution in [0.15, 0.2) is 0 Å². The van der Waals surface area contributed by atoms with E-state index in [0.29, 0.717) is 6.42 Å². The fourth-order valence-electron chi connectivity index (χ4n) is 0.755. The van der Waals surface area contributed by atoms with Crippen LogP contribution in [0.4, 0.5) is 0 Å². The van der Waals surface area contributed by atoms with Crippen LogP contribution in [0.2, 0.25) is 0 Å². The van der Waals surface area contributed by atoms with Gasteiger partial charge in [-0.1, -0.05) is 6.92 Å². The van der Waals surface area contributed by atoms with Crippen molar-refractivity contribution in [1.82, 2.24) is 0 Å². The Balaban J connectivity index is -0.000000137. The molecular weight excluding hydrogens is 328 g/mol. The van der Waals surface area contributed by atoms with E-state index in [1.165, 1.54) is 14.2 Å². The van der Waals surface area contributed by atoms with Crippen LogP contribution in [-0.2, 0) is 28.7 Å². The van der Waals surface area contributed by atoms with Crippen LogP contribution >= 0.6 is 0 Å². The highest BCUT2D eigenvalue weighted by atomic mass is 16.5. The molecule has 0 heterocycles. The Kier molecular flexibility index (Phi) is 28.6. The molecule has 0 bridgehead atoms. The minimum absolute atomic E-state index is 0.125. The Bertz CT molecular complexity index is 318. The number of methoxy groups -OCH3 is 2. The fourth-order valence-corrected chi connectivity index (χ4v) is 0.755. The first kappa shape index (κ1) is 29.8. The summed E-state index contributed by atoms with van der Waals surface area (Å²) < 4.78 is 8.91. The number of carbonyl (C=O) groups excluding carboxylic acids is 2. The third-order valence-corrected chi connectivity index (χ3v) is 1.71. The van der Waals surface area contributed by atoms with Gasteiger partial charge in [-0.15, -0.1) is 0 Å². The van der Waals surface area contributed by atoms with Gasteiger partial charge in [-0.2, -0.15) is 0 Å². The van der Waals surface area contributed by atoms with Crippen molar-refractivity contribution in [2.24, 2.45) is 5.92 Å². The van der Waals surface area contributed by atoms with E-state index >= 15 is 0 Å². The first-order valence-electron chi connectivity index (χ1n) is 6.75. The number of aliphatic hydroxyl groups excluding tert-OH is 2. The summed E-state index contributed by atoms with van der Waals surface area (Å²) in [5, 5.41) is 30.1. The first-order valence-corrected chi connectivity index (χ1v) is 6.75. The maximum absolute atomic E-state index is 10.8. The molecule has 0 fully saturated rings. The average molecular weight is 356 g/mol. The van der Waals surface area contributed by atoms with Gasteiger partial charge in [-0.25, -0.2) is 0 Å². The lowest BCUT2D eigenvalue weighted by molar-refractivity contribution is -0.146. The van der Waals surface area contributed by atoms with Gasteiger partial charge in [0.15, 0.2) is 0 Å². The second kappa shape index (κ2) is 23.1.